The maximum absolute atomic E-state index is 13.5. The third-order valence-corrected chi connectivity index (χ3v) is 5.12. The van der Waals surface area contributed by atoms with E-state index in [2.05, 4.69) is 4.99 Å². The van der Waals surface area contributed by atoms with Gasteiger partial charge in [0.15, 0.2) is 11.5 Å². The van der Waals surface area contributed by atoms with Crippen molar-refractivity contribution in [3.63, 3.8) is 0 Å². The van der Waals surface area contributed by atoms with E-state index in [1.165, 1.54) is 18.2 Å². The van der Waals surface area contributed by atoms with Crippen molar-refractivity contribution in [2.24, 2.45) is 4.99 Å². The third kappa shape index (κ3) is 3.97. The molecule has 2 aliphatic heterocycles. The van der Waals surface area contributed by atoms with Gasteiger partial charge < -0.3 is 19.3 Å². The molecule has 0 bridgehead atoms. The van der Waals surface area contributed by atoms with Crippen LogP contribution in [0.15, 0.2) is 63.7 Å². The predicted octanol–water partition coefficient (Wildman–Crippen LogP) is 4.75. The van der Waals surface area contributed by atoms with E-state index < -0.39 is 11.8 Å². The Morgan fingerprint density at radius 3 is 2.90 bits per heavy atom. The Labute approximate surface area is 170 Å². The van der Waals surface area contributed by atoms with E-state index in [9.17, 15) is 14.3 Å². The van der Waals surface area contributed by atoms with Crippen molar-refractivity contribution in [2.45, 2.75) is 6.92 Å². The Bertz CT molecular complexity index is 1080. The number of rotatable bonds is 4. The lowest BCUT2D eigenvalue weighted by molar-refractivity contribution is -0.138. The maximum Gasteiger partial charge on any atom is 0.344 e. The molecule has 8 heteroatoms. The second-order valence-corrected chi connectivity index (χ2v) is 7.09. The van der Waals surface area contributed by atoms with Gasteiger partial charge in [-0.2, -0.15) is 0 Å². The number of aliphatic hydroxyl groups excluding tert-OH is 1. The van der Waals surface area contributed by atoms with Crippen LogP contribution in [0.1, 0.15) is 12.5 Å². The van der Waals surface area contributed by atoms with Crippen LogP contribution >= 0.6 is 11.8 Å². The topological polar surface area (TPSA) is 77.4 Å². The number of carbonyl (C=O) groups is 1. The molecule has 0 saturated heterocycles. The molecule has 0 aliphatic carbocycles. The van der Waals surface area contributed by atoms with E-state index >= 15 is 0 Å². The van der Waals surface area contributed by atoms with Crippen LogP contribution in [0.5, 0.6) is 11.5 Å². The molecule has 0 atom stereocenters. The summed E-state index contributed by atoms with van der Waals surface area (Å²) in [5.41, 5.74) is 1.03. The van der Waals surface area contributed by atoms with Crippen LogP contribution in [0.3, 0.4) is 0 Å². The summed E-state index contributed by atoms with van der Waals surface area (Å²) < 4.78 is 29.2. The average molecular weight is 413 g/mol. The molecule has 1 N–H and O–H groups in total. The Balaban J connectivity index is 1.73. The van der Waals surface area contributed by atoms with E-state index in [1.807, 2.05) is 0 Å². The highest BCUT2D eigenvalue weighted by atomic mass is 32.2. The van der Waals surface area contributed by atoms with Gasteiger partial charge in [-0.3, -0.25) is 0 Å². The molecule has 2 aromatic rings. The van der Waals surface area contributed by atoms with Gasteiger partial charge in [0.25, 0.3) is 0 Å². The van der Waals surface area contributed by atoms with Crippen molar-refractivity contribution >= 4 is 34.5 Å². The highest BCUT2D eigenvalue weighted by Crippen LogP contribution is 2.41. The Kier molecular flexibility index (Phi) is 5.26. The highest BCUT2D eigenvalue weighted by molar-refractivity contribution is 8.18. The Morgan fingerprint density at radius 2 is 2.10 bits per heavy atom. The number of halogens is 1. The molecule has 0 spiro atoms. The second kappa shape index (κ2) is 8.00. The van der Waals surface area contributed by atoms with E-state index in [-0.39, 0.29) is 29.8 Å². The standard InChI is InChI=1S/C21H16FNO5S/c1-2-26-21(25)18-19(24)17(9-12-6-7-15-16(8-12)28-11-27-15)29-20(18)23-14-5-3-4-13(22)10-14/h3-10,24H,2,11H2,1H3/b17-9+,23-20?. The lowest BCUT2D eigenvalue weighted by atomic mass is 10.1. The highest BCUT2D eigenvalue weighted by Gasteiger charge is 2.33. The zero-order valence-corrected chi connectivity index (χ0v) is 16.2. The van der Waals surface area contributed by atoms with Crippen LogP contribution in [0.4, 0.5) is 10.1 Å². The molecule has 6 nitrogen and oxygen atoms in total. The van der Waals surface area contributed by atoms with Gasteiger partial charge in [-0.1, -0.05) is 23.9 Å². The van der Waals surface area contributed by atoms with Gasteiger partial charge in [-0.05, 0) is 48.9 Å². The summed E-state index contributed by atoms with van der Waals surface area (Å²) in [7, 11) is 0. The Hall–Kier alpha value is -3.26. The first-order valence-electron chi connectivity index (χ1n) is 8.79. The van der Waals surface area contributed by atoms with Gasteiger partial charge in [0.2, 0.25) is 6.79 Å². The summed E-state index contributed by atoms with van der Waals surface area (Å²) in [4.78, 5) is 17.2. The summed E-state index contributed by atoms with van der Waals surface area (Å²) in [5, 5.41) is 10.9. The van der Waals surface area contributed by atoms with E-state index in [1.54, 1.807) is 37.3 Å². The average Bonchev–Trinajstić information content (AvgIpc) is 3.26. The molecule has 0 fully saturated rings. The lowest BCUT2D eigenvalue weighted by Crippen LogP contribution is -2.12. The molecule has 2 heterocycles. The van der Waals surface area contributed by atoms with Crippen LogP contribution in [0, 0.1) is 5.82 Å². The number of nitrogens with zero attached hydrogens (tertiary/aromatic N) is 1. The summed E-state index contributed by atoms with van der Waals surface area (Å²) in [6, 6.07) is 11.0. The molecule has 0 aromatic heterocycles. The van der Waals surface area contributed by atoms with Gasteiger partial charge >= 0.3 is 5.97 Å². The summed E-state index contributed by atoms with van der Waals surface area (Å²) in [6.45, 7) is 1.98. The number of hydrogen-bond donors (Lipinski definition) is 1. The number of aliphatic hydroxyl groups is 1. The number of hydrogen-bond acceptors (Lipinski definition) is 7. The normalized spacial score (nSPS) is 18.0. The number of carbonyl (C=O) groups excluding carboxylic acids is 1. The van der Waals surface area contributed by atoms with Gasteiger partial charge in [0.1, 0.15) is 22.2 Å². The molecule has 0 unspecified atom stereocenters. The monoisotopic (exact) mass is 413 g/mol. The zero-order chi connectivity index (χ0) is 20.4. The first-order valence-corrected chi connectivity index (χ1v) is 9.61. The number of aliphatic imine (C=N–C) groups is 1. The van der Waals surface area contributed by atoms with Crippen molar-refractivity contribution in [2.75, 3.05) is 13.4 Å². The number of esters is 1. The molecule has 2 aliphatic rings. The first kappa shape index (κ1) is 19.1. The maximum atomic E-state index is 13.5. The molecule has 0 amide bonds. The van der Waals surface area contributed by atoms with Crippen molar-refractivity contribution < 1.29 is 28.5 Å². The van der Waals surface area contributed by atoms with Crippen molar-refractivity contribution in [3.8, 4) is 11.5 Å². The predicted molar refractivity (Wildman–Crippen MR) is 108 cm³/mol. The fraction of sp³-hybridized carbons (Fsp3) is 0.143. The minimum absolute atomic E-state index is 0.0481. The SMILES string of the molecule is CCOC(=O)C1=C(O)/C(=C\c2ccc3c(c2)OCO3)SC1=Nc1cccc(F)c1. The van der Waals surface area contributed by atoms with Crippen LogP contribution in [0.25, 0.3) is 6.08 Å². The molecular formula is C21H16FNO5S. The number of thioether (sulfide) groups is 1. The molecule has 0 radical (unpaired) electrons. The number of ether oxygens (including phenoxy) is 3. The molecular weight excluding hydrogens is 397 g/mol. The van der Waals surface area contributed by atoms with Crippen molar-refractivity contribution in [3.05, 3.63) is 70.1 Å². The van der Waals surface area contributed by atoms with Crippen LogP contribution in [-0.4, -0.2) is 29.5 Å². The molecule has 148 valence electrons. The fourth-order valence-electron chi connectivity index (χ4n) is 2.81. The van der Waals surface area contributed by atoms with Gasteiger partial charge in [0.05, 0.1) is 17.2 Å². The van der Waals surface area contributed by atoms with Gasteiger partial charge in [-0.15, -0.1) is 0 Å². The summed E-state index contributed by atoms with van der Waals surface area (Å²) in [5.74, 6) is -0.128. The number of benzene rings is 2. The first-order chi connectivity index (χ1) is 14.0. The van der Waals surface area contributed by atoms with Crippen LogP contribution < -0.4 is 9.47 Å². The zero-order valence-electron chi connectivity index (χ0n) is 15.3. The lowest BCUT2D eigenvalue weighted by Gasteiger charge is -2.03. The summed E-state index contributed by atoms with van der Waals surface area (Å²) in [6.07, 6.45) is 1.70. The fourth-order valence-corrected chi connectivity index (χ4v) is 3.84. The quantitative estimate of drug-likeness (QED) is 0.729. The van der Waals surface area contributed by atoms with Crippen LogP contribution in [-0.2, 0) is 9.53 Å². The minimum Gasteiger partial charge on any atom is -0.506 e. The molecule has 2 aromatic carbocycles. The Morgan fingerprint density at radius 1 is 1.28 bits per heavy atom. The van der Waals surface area contributed by atoms with Gasteiger partial charge in [-0.25, -0.2) is 14.2 Å². The molecule has 0 saturated carbocycles. The summed E-state index contributed by atoms with van der Waals surface area (Å²) >= 11 is 1.10. The van der Waals surface area contributed by atoms with E-state index in [0.29, 0.717) is 22.1 Å². The second-order valence-electron chi connectivity index (χ2n) is 6.06. The van der Waals surface area contributed by atoms with Crippen molar-refractivity contribution in [1.29, 1.82) is 0 Å². The number of fused-ring (bicyclic) bond motifs is 1. The van der Waals surface area contributed by atoms with E-state index in [4.69, 9.17) is 14.2 Å². The smallest absolute Gasteiger partial charge is 0.344 e. The van der Waals surface area contributed by atoms with Crippen molar-refractivity contribution in [1.82, 2.24) is 0 Å². The largest absolute Gasteiger partial charge is 0.506 e. The van der Waals surface area contributed by atoms with E-state index in [0.717, 1.165) is 17.3 Å². The molecule has 4 rings (SSSR count). The third-order valence-electron chi connectivity index (χ3n) is 4.10. The van der Waals surface area contributed by atoms with Crippen LogP contribution in [0.2, 0.25) is 0 Å². The van der Waals surface area contributed by atoms with Gasteiger partial charge in [0, 0.05) is 0 Å². The minimum atomic E-state index is -0.693. The molecule has 29 heavy (non-hydrogen) atoms.